The van der Waals surface area contributed by atoms with Crippen molar-refractivity contribution in [2.45, 2.75) is 11.8 Å². The molecule has 3 nitrogen and oxygen atoms in total. The van der Waals surface area contributed by atoms with Gasteiger partial charge in [-0.25, -0.2) is 4.39 Å². The molecule has 0 bridgehead atoms. The number of ketones is 1. The van der Waals surface area contributed by atoms with Crippen molar-refractivity contribution in [2.24, 2.45) is 0 Å². The molecule has 0 atom stereocenters. The Balaban J connectivity index is 1.94. The molecule has 0 spiro atoms. The second kappa shape index (κ2) is 7.04. The summed E-state index contributed by atoms with van der Waals surface area (Å²) in [7, 11) is 0. The van der Waals surface area contributed by atoms with E-state index in [0.717, 1.165) is 4.90 Å². The van der Waals surface area contributed by atoms with Crippen molar-refractivity contribution in [3.8, 4) is 0 Å². The van der Waals surface area contributed by atoms with Crippen LogP contribution in [0.5, 0.6) is 0 Å². The van der Waals surface area contributed by atoms with Crippen LogP contribution in [0.15, 0.2) is 53.4 Å². The topological polar surface area (TPSA) is 46.2 Å². The van der Waals surface area contributed by atoms with E-state index in [9.17, 15) is 14.0 Å². The molecule has 1 amide bonds. The van der Waals surface area contributed by atoms with Gasteiger partial charge >= 0.3 is 0 Å². The predicted molar refractivity (Wildman–Crippen MR) is 82.2 cm³/mol. The highest BCUT2D eigenvalue weighted by atomic mass is 32.2. The fraction of sp³-hybridized carbons (Fsp3) is 0.125. The first-order chi connectivity index (χ1) is 10.1. The van der Waals surface area contributed by atoms with Crippen molar-refractivity contribution >= 4 is 29.1 Å². The lowest BCUT2D eigenvalue weighted by Crippen LogP contribution is -2.14. The number of Topliss-reactive ketones (excluding diaryl/α,β-unsaturated/α-hetero) is 1. The number of para-hydroxylation sites is 1. The molecule has 0 unspecified atom stereocenters. The van der Waals surface area contributed by atoms with Gasteiger partial charge in [0.1, 0.15) is 5.82 Å². The number of halogens is 1. The third-order valence-corrected chi connectivity index (χ3v) is 3.75. The molecule has 5 heteroatoms. The van der Waals surface area contributed by atoms with E-state index in [4.69, 9.17) is 0 Å². The van der Waals surface area contributed by atoms with Crippen molar-refractivity contribution in [1.29, 1.82) is 0 Å². The lowest BCUT2D eigenvalue weighted by atomic mass is 10.2. The number of amides is 1. The van der Waals surface area contributed by atoms with Crippen LogP contribution in [0, 0.1) is 5.82 Å². The molecular formula is C16H14FNO2S. The Morgan fingerprint density at radius 2 is 1.90 bits per heavy atom. The standard InChI is InChI=1S/C16H14FNO2S/c1-11(19)12-5-4-6-13(9-12)21-10-16(20)18-15-8-3-2-7-14(15)17/h2-9H,10H2,1H3,(H,18,20). The SMILES string of the molecule is CC(=O)c1cccc(SCC(=O)Nc2ccccc2F)c1. The van der Waals surface area contributed by atoms with Crippen LogP contribution >= 0.6 is 11.8 Å². The van der Waals surface area contributed by atoms with Gasteiger partial charge in [-0.05, 0) is 31.2 Å². The quantitative estimate of drug-likeness (QED) is 0.676. The molecule has 0 aliphatic rings. The maximum Gasteiger partial charge on any atom is 0.234 e. The van der Waals surface area contributed by atoms with Crippen LogP contribution in [-0.4, -0.2) is 17.4 Å². The van der Waals surface area contributed by atoms with Crippen molar-refractivity contribution in [1.82, 2.24) is 0 Å². The maximum absolute atomic E-state index is 13.4. The van der Waals surface area contributed by atoms with Crippen molar-refractivity contribution in [2.75, 3.05) is 11.1 Å². The molecule has 0 saturated heterocycles. The molecule has 2 rings (SSSR count). The monoisotopic (exact) mass is 303 g/mol. The van der Waals surface area contributed by atoms with E-state index in [2.05, 4.69) is 5.32 Å². The van der Waals surface area contributed by atoms with E-state index in [1.165, 1.54) is 30.8 Å². The summed E-state index contributed by atoms with van der Waals surface area (Å²) in [4.78, 5) is 23.9. The largest absolute Gasteiger partial charge is 0.323 e. The second-order valence-electron chi connectivity index (χ2n) is 4.40. The number of thioether (sulfide) groups is 1. The zero-order chi connectivity index (χ0) is 15.2. The summed E-state index contributed by atoms with van der Waals surface area (Å²) in [6.45, 7) is 1.49. The van der Waals surface area contributed by atoms with E-state index in [0.29, 0.717) is 5.56 Å². The van der Waals surface area contributed by atoms with E-state index >= 15 is 0 Å². The van der Waals surface area contributed by atoms with E-state index in [1.807, 2.05) is 6.07 Å². The van der Waals surface area contributed by atoms with Gasteiger partial charge < -0.3 is 5.32 Å². The number of hydrogen-bond donors (Lipinski definition) is 1. The van der Waals surface area contributed by atoms with Crippen LogP contribution < -0.4 is 5.32 Å². The Hall–Kier alpha value is -2.14. The molecule has 2 aromatic rings. The van der Waals surface area contributed by atoms with Gasteiger partial charge in [0, 0.05) is 10.5 Å². The van der Waals surface area contributed by atoms with Crippen LogP contribution in [-0.2, 0) is 4.79 Å². The minimum Gasteiger partial charge on any atom is -0.323 e. The fourth-order valence-corrected chi connectivity index (χ4v) is 2.46. The summed E-state index contributed by atoms with van der Waals surface area (Å²) < 4.78 is 13.4. The van der Waals surface area contributed by atoms with Crippen molar-refractivity contribution < 1.29 is 14.0 Å². The van der Waals surface area contributed by atoms with Crippen LogP contribution in [0.1, 0.15) is 17.3 Å². The summed E-state index contributed by atoms with van der Waals surface area (Å²) in [6.07, 6.45) is 0. The molecule has 0 aliphatic heterocycles. The van der Waals surface area contributed by atoms with Crippen LogP contribution in [0.25, 0.3) is 0 Å². The molecule has 108 valence electrons. The average molecular weight is 303 g/mol. The van der Waals surface area contributed by atoms with Crippen LogP contribution in [0.4, 0.5) is 10.1 Å². The maximum atomic E-state index is 13.4. The van der Waals surface area contributed by atoms with Gasteiger partial charge in [0.2, 0.25) is 5.91 Å². The Labute approximate surface area is 126 Å². The second-order valence-corrected chi connectivity index (χ2v) is 5.45. The minimum atomic E-state index is -0.463. The fourth-order valence-electron chi connectivity index (χ4n) is 1.70. The number of benzene rings is 2. The Morgan fingerprint density at radius 3 is 2.62 bits per heavy atom. The van der Waals surface area contributed by atoms with Gasteiger partial charge in [0.15, 0.2) is 5.78 Å². The Morgan fingerprint density at radius 1 is 1.14 bits per heavy atom. The molecule has 0 saturated carbocycles. The van der Waals surface area contributed by atoms with Gasteiger partial charge in [-0.1, -0.05) is 24.3 Å². The first-order valence-electron chi connectivity index (χ1n) is 6.34. The molecular weight excluding hydrogens is 289 g/mol. The summed E-state index contributed by atoms with van der Waals surface area (Å²) in [6, 6.07) is 13.1. The highest BCUT2D eigenvalue weighted by molar-refractivity contribution is 8.00. The molecule has 0 aromatic heterocycles. The zero-order valence-electron chi connectivity index (χ0n) is 11.4. The van der Waals surface area contributed by atoms with Gasteiger partial charge in [-0.3, -0.25) is 9.59 Å². The molecule has 1 N–H and O–H groups in total. The Bertz CT molecular complexity index is 673. The van der Waals surface area contributed by atoms with Crippen LogP contribution in [0.3, 0.4) is 0 Å². The highest BCUT2D eigenvalue weighted by Gasteiger charge is 2.07. The molecule has 2 aromatic carbocycles. The van der Waals surface area contributed by atoms with Gasteiger partial charge in [-0.2, -0.15) is 0 Å². The predicted octanol–water partition coefficient (Wildman–Crippen LogP) is 3.76. The first kappa shape index (κ1) is 15.3. The summed E-state index contributed by atoms with van der Waals surface area (Å²) in [5, 5.41) is 2.52. The van der Waals surface area contributed by atoms with E-state index in [-0.39, 0.29) is 23.1 Å². The first-order valence-corrected chi connectivity index (χ1v) is 7.33. The molecule has 0 heterocycles. The highest BCUT2D eigenvalue weighted by Crippen LogP contribution is 2.20. The number of carbonyl (C=O) groups is 2. The van der Waals surface area contributed by atoms with Gasteiger partial charge in [0.25, 0.3) is 0 Å². The van der Waals surface area contributed by atoms with Crippen LogP contribution in [0.2, 0.25) is 0 Å². The molecule has 0 radical (unpaired) electrons. The molecule has 0 aliphatic carbocycles. The average Bonchev–Trinajstić information content (AvgIpc) is 2.48. The number of rotatable bonds is 5. The van der Waals surface area contributed by atoms with Crippen molar-refractivity contribution in [3.63, 3.8) is 0 Å². The molecule has 21 heavy (non-hydrogen) atoms. The number of anilines is 1. The summed E-state index contributed by atoms with van der Waals surface area (Å²) >= 11 is 1.30. The minimum absolute atomic E-state index is 0.0201. The summed E-state index contributed by atoms with van der Waals surface area (Å²) in [5.74, 6) is -0.628. The van der Waals surface area contributed by atoms with E-state index in [1.54, 1.807) is 30.3 Å². The third kappa shape index (κ3) is 4.43. The Kier molecular flexibility index (Phi) is 5.11. The zero-order valence-corrected chi connectivity index (χ0v) is 12.2. The number of carbonyl (C=O) groups excluding carboxylic acids is 2. The van der Waals surface area contributed by atoms with Gasteiger partial charge in [0.05, 0.1) is 11.4 Å². The number of nitrogens with one attached hydrogen (secondary N) is 1. The third-order valence-electron chi connectivity index (χ3n) is 2.76. The molecule has 0 fully saturated rings. The normalized spacial score (nSPS) is 10.2. The number of hydrogen-bond acceptors (Lipinski definition) is 3. The smallest absolute Gasteiger partial charge is 0.234 e. The lowest BCUT2D eigenvalue weighted by molar-refractivity contribution is -0.113. The van der Waals surface area contributed by atoms with E-state index < -0.39 is 5.82 Å². The lowest BCUT2D eigenvalue weighted by Gasteiger charge is -2.06. The van der Waals surface area contributed by atoms with Crippen molar-refractivity contribution in [3.05, 3.63) is 59.9 Å². The van der Waals surface area contributed by atoms with Gasteiger partial charge in [-0.15, -0.1) is 11.8 Å². The summed E-state index contributed by atoms with van der Waals surface area (Å²) in [5.41, 5.74) is 0.773.